The van der Waals surface area contributed by atoms with Crippen molar-refractivity contribution in [2.24, 2.45) is 0 Å². The van der Waals surface area contributed by atoms with Crippen LogP contribution in [-0.2, 0) is 28.4 Å². The van der Waals surface area contributed by atoms with Crippen LogP contribution < -0.4 is 0 Å². The van der Waals surface area contributed by atoms with Crippen LogP contribution in [0.5, 0.6) is 0 Å². The first-order chi connectivity index (χ1) is 14.7. The van der Waals surface area contributed by atoms with Gasteiger partial charge in [0.05, 0.1) is 13.2 Å². The van der Waals surface area contributed by atoms with E-state index in [0.717, 1.165) is 51.4 Å². The van der Waals surface area contributed by atoms with Gasteiger partial charge in [0, 0.05) is 25.7 Å². The largest absolute Gasteiger partial charge is 0.369 e. The van der Waals surface area contributed by atoms with Crippen LogP contribution in [0, 0.1) is 0 Å². The molecule has 2 spiro atoms. The molecule has 6 atom stereocenters. The topological polar surface area (TPSA) is 55.4 Å². The van der Waals surface area contributed by atoms with E-state index in [1.54, 1.807) is 12.2 Å². The second-order valence-electron chi connectivity index (χ2n) is 9.45. The SMILES string of the molecule is C=CCO[C@@H]1[C@@H](OCC=C)[C@@H]2OC3(CCCCC3)O[C@H]2[C@@H]2OC3(CCCCC3)O[C@H]12. The maximum atomic E-state index is 6.70. The lowest BCUT2D eigenvalue weighted by atomic mass is 9.84. The van der Waals surface area contributed by atoms with Crippen molar-refractivity contribution in [3.63, 3.8) is 0 Å². The van der Waals surface area contributed by atoms with Gasteiger partial charge in [0.25, 0.3) is 0 Å². The van der Waals surface area contributed by atoms with Crippen LogP contribution >= 0.6 is 0 Å². The number of hydrogen-bond acceptors (Lipinski definition) is 6. The van der Waals surface area contributed by atoms with Gasteiger partial charge in [0.2, 0.25) is 0 Å². The van der Waals surface area contributed by atoms with Crippen LogP contribution in [-0.4, -0.2) is 61.4 Å². The van der Waals surface area contributed by atoms with E-state index in [1.807, 2.05) is 0 Å². The Labute approximate surface area is 179 Å². The summed E-state index contributed by atoms with van der Waals surface area (Å²) < 4.78 is 39.3. The van der Waals surface area contributed by atoms with E-state index in [0.29, 0.717) is 13.2 Å². The molecule has 0 aromatic rings. The molecule has 2 aliphatic heterocycles. The average molecular weight is 421 g/mol. The molecule has 3 saturated carbocycles. The highest BCUT2D eigenvalue weighted by Crippen LogP contribution is 2.52. The Bertz CT molecular complexity index is 569. The van der Waals surface area contributed by atoms with Crippen molar-refractivity contribution < 1.29 is 28.4 Å². The van der Waals surface area contributed by atoms with Gasteiger partial charge in [-0.2, -0.15) is 0 Å². The maximum Gasteiger partial charge on any atom is 0.169 e. The second kappa shape index (κ2) is 8.64. The third-order valence-electron chi connectivity index (χ3n) is 7.39. The summed E-state index contributed by atoms with van der Waals surface area (Å²) in [7, 11) is 0. The van der Waals surface area contributed by atoms with E-state index in [2.05, 4.69) is 13.2 Å². The fraction of sp³-hybridized carbons (Fsp3) is 0.833. The monoisotopic (exact) mass is 420 g/mol. The zero-order chi connectivity index (χ0) is 20.6. The lowest BCUT2D eigenvalue weighted by molar-refractivity contribution is -0.229. The van der Waals surface area contributed by atoms with E-state index in [-0.39, 0.29) is 36.6 Å². The van der Waals surface area contributed by atoms with Crippen molar-refractivity contribution in [3.05, 3.63) is 25.3 Å². The summed E-state index contributed by atoms with van der Waals surface area (Å²) in [5, 5.41) is 0. The summed E-state index contributed by atoms with van der Waals surface area (Å²) in [5.74, 6) is -1.04. The van der Waals surface area contributed by atoms with E-state index >= 15 is 0 Å². The van der Waals surface area contributed by atoms with Gasteiger partial charge in [-0.3, -0.25) is 0 Å². The van der Waals surface area contributed by atoms with Gasteiger partial charge in [0.1, 0.15) is 36.6 Å². The maximum absolute atomic E-state index is 6.70. The van der Waals surface area contributed by atoms with Gasteiger partial charge in [-0.15, -0.1) is 13.2 Å². The molecule has 0 radical (unpaired) electrons. The predicted octanol–water partition coefficient (Wildman–Crippen LogP) is 4.03. The third-order valence-corrected chi connectivity index (χ3v) is 7.39. The molecule has 0 unspecified atom stereocenters. The van der Waals surface area contributed by atoms with E-state index in [4.69, 9.17) is 28.4 Å². The summed E-state index contributed by atoms with van der Waals surface area (Å²) in [6, 6.07) is 0. The number of hydrogen-bond donors (Lipinski definition) is 0. The minimum atomic E-state index is -0.521. The van der Waals surface area contributed by atoms with Gasteiger partial charge in [-0.1, -0.05) is 25.0 Å². The molecule has 2 heterocycles. The molecule has 0 bridgehead atoms. The van der Waals surface area contributed by atoms with Crippen molar-refractivity contribution in [3.8, 4) is 0 Å². The molecule has 5 fully saturated rings. The summed E-state index contributed by atoms with van der Waals surface area (Å²) in [6.45, 7) is 8.52. The Morgan fingerprint density at radius 3 is 1.33 bits per heavy atom. The second-order valence-corrected chi connectivity index (χ2v) is 9.45. The lowest BCUT2D eigenvalue weighted by Gasteiger charge is -2.42. The van der Waals surface area contributed by atoms with Gasteiger partial charge in [-0.25, -0.2) is 0 Å². The van der Waals surface area contributed by atoms with Crippen molar-refractivity contribution in [2.45, 2.75) is 112 Å². The van der Waals surface area contributed by atoms with Crippen LogP contribution in [0.25, 0.3) is 0 Å². The molecular weight excluding hydrogens is 384 g/mol. The number of ether oxygens (including phenoxy) is 6. The first kappa shape index (κ1) is 21.1. The van der Waals surface area contributed by atoms with Crippen LogP contribution in [0.4, 0.5) is 0 Å². The summed E-state index contributed by atoms with van der Waals surface area (Å²) in [5.41, 5.74) is 0. The van der Waals surface area contributed by atoms with Crippen LogP contribution in [0.3, 0.4) is 0 Å². The molecule has 2 saturated heterocycles. The Hall–Kier alpha value is -0.760. The highest BCUT2D eigenvalue weighted by molar-refractivity contribution is 5.11. The Balaban J connectivity index is 1.46. The first-order valence-electron chi connectivity index (χ1n) is 11.9. The number of rotatable bonds is 6. The lowest BCUT2D eigenvalue weighted by Crippen LogP contribution is -2.63. The molecule has 6 heteroatoms. The summed E-state index contributed by atoms with van der Waals surface area (Å²) in [6.07, 6.45) is 12.8. The molecule has 6 nitrogen and oxygen atoms in total. The minimum absolute atomic E-state index is 0.201. The molecule has 168 valence electrons. The van der Waals surface area contributed by atoms with Crippen molar-refractivity contribution in [1.29, 1.82) is 0 Å². The fourth-order valence-electron chi connectivity index (χ4n) is 6.10. The summed E-state index contributed by atoms with van der Waals surface area (Å²) in [4.78, 5) is 0. The minimum Gasteiger partial charge on any atom is -0.369 e. The van der Waals surface area contributed by atoms with Crippen LogP contribution in [0.15, 0.2) is 25.3 Å². The van der Waals surface area contributed by atoms with Crippen molar-refractivity contribution in [2.75, 3.05) is 13.2 Å². The zero-order valence-corrected chi connectivity index (χ0v) is 18.0. The van der Waals surface area contributed by atoms with Gasteiger partial charge in [0.15, 0.2) is 11.6 Å². The smallest absolute Gasteiger partial charge is 0.169 e. The molecule has 0 aromatic carbocycles. The fourth-order valence-corrected chi connectivity index (χ4v) is 6.10. The Morgan fingerprint density at radius 2 is 0.967 bits per heavy atom. The standard InChI is InChI=1S/C24H36O6/c1-3-15-25-17-18(26-16-4-2)20-22(30-24(28-20)13-9-6-10-14-24)21-19(17)27-23(29-21)11-7-5-8-12-23/h3-4,17-22H,1-2,5-16H2/t17-,18-,19-,20+,21-,22-/m1/s1. The molecule has 5 aliphatic rings. The zero-order valence-electron chi connectivity index (χ0n) is 18.0. The Kier molecular flexibility index (Phi) is 6.08. The van der Waals surface area contributed by atoms with E-state index in [9.17, 15) is 0 Å². The molecule has 0 N–H and O–H groups in total. The third kappa shape index (κ3) is 3.70. The van der Waals surface area contributed by atoms with Crippen molar-refractivity contribution >= 4 is 0 Å². The molecule has 0 aromatic heterocycles. The number of fused-ring (bicyclic) bond motifs is 3. The highest BCUT2D eigenvalue weighted by Gasteiger charge is 2.66. The quantitative estimate of drug-likeness (QED) is 0.605. The van der Waals surface area contributed by atoms with E-state index < -0.39 is 11.6 Å². The average Bonchev–Trinajstić information content (AvgIpc) is 3.30. The normalized spacial score (nSPS) is 41.5. The Morgan fingerprint density at radius 1 is 0.600 bits per heavy atom. The van der Waals surface area contributed by atoms with E-state index in [1.165, 1.54) is 12.8 Å². The molecule has 0 amide bonds. The molecule has 3 aliphatic carbocycles. The molecule has 5 rings (SSSR count). The van der Waals surface area contributed by atoms with Crippen molar-refractivity contribution in [1.82, 2.24) is 0 Å². The van der Waals surface area contributed by atoms with Gasteiger partial charge in [-0.05, 0) is 25.7 Å². The molecular formula is C24H36O6. The van der Waals surface area contributed by atoms with Gasteiger partial charge < -0.3 is 28.4 Å². The highest BCUT2D eigenvalue weighted by atomic mass is 16.8. The van der Waals surface area contributed by atoms with Crippen LogP contribution in [0.1, 0.15) is 64.2 Å². The summed E-state index contributed by atoms with van der Waals surface area (Å²) >= 11 is 0. The van der Waals surface area contributed by atoms with Gasteiger partial charge >= 0.3 is 0 Å². The van der Waals surface area contributed by atoms with Crippen LogP contribution in [0.2, 0.25) is 0 Å². The predicted molar refractivity (Wildman–Crippen MR) is 111 cm³/mol. The first-order valence-corrected chi connectivity index (χ1v) is 11.9. The molecule has 30 heavy (non-hydrogen) atoms.